The van der Waals surface area contributed by atoms with E-state index in [9.17, 15) is 0 Å². The molecule has 84 valence electrons. The second kappa shape index (κ2) is 3.45. The Bertz CT molecular complexity index is 528. The lowest BCUT2D eigenvalue weighted by Crippen LogP contribution is -2.12. The molecule has 5 nitrogen and oxygen atoms in total. The van der Waals surface area contributed by atoms with Gasteiger partial charge in [-0.2, -0.15) is 0 Å². The van der Waals surface area contributed by atoms with Crippen molar-refractivity contribution in [1.29, 1.82) is 0 Å². The van der Waals surface area contributed by atoms with Crippen LogP contribution in [0, 0.1) is 6.92 Å². The first-order valence-electron chi connectivity index (χ1n) is 5.43. The highest BCUT2D eigenvalue weighted by Crippen LogP contribution is 2.26. The number of anilines is 1. The Morgan fingerprint density at radius 1 is 1.56 bits per heavy atom. The molecule has 1 unspecified atom stereocenters. The molecule has 3 rings (SSSR count). The number of aromatic nitrogens is 3. The molecule has 0 bridgehead atoms. The predicted octanol–water partition coefficient (Wildman–Crippen LogP) is 1.28. The third-order valence-electron chi connectivity index (χ3n) is 2.96. The molecular weight excluding hydrogens is 204 g/mol. The van der Waals surface area contributed by atoms with Gasteiger partial charge in [0.05, 0.1) is 12.6 Å². The summed E-state index contributed by atoms with van der Waals surface area (Å²) in [7, 11) is 0. The normalized spacial score (nSPS) is 20.7. The molecule has 16 heavy (non-hydrogen) atoms. The Morgan fingerprint density at radius 2 is 2.44 bits per heavy atom. The highest BCUT2D eigenvalue weighted by molar-refractivity contribution is 5.74. The number of rotatable bonds is 1. The largest absolute Gasteiger partial charge is 0.379 e. The van der Waals surface area contributed by atoms with Gasteiger partial charge in [0.1, 0.15) is 5.52 Å². The standard InChI is InChI=1S/C11H14N4O/c1-7-4-9-10(13-5-7)15(11(12)14-9)8-2-3-16-6-8/h4-5,8H,2-3,6H2,1H3,(H2,12,14). The molecule has 1 fully saturated rings. The van der Waals surface area contributed by atoms with Gasteiger partial charge in [-0.15, -0.1) is 0 Å². The summed E-state index contributed by atoms with van der Waals surface area (Å²) in [5.41, 5.74) is 8.76. The molecule has 1 atom stereocenters. The molecule has 2 aromatic heterocycles. The molecule has 3 heterocycles. The van der Waals surface area contributed by atoms with Gasteiger partial charge in [0.2, 0.25) is 5.95 Å². The molecular formula is C11H14N4O. The maximum Gasteiger partial charge on any atom is 0.202 e. The third-order valence-corrected chi connectivity index (χ3v) is 2.96. The minimum Gasteiger partial charge on any atom is -0.379 e. The van der Waals surface area contributed by atoms with E-state index in [-0.39, 0.29) is 6.04 Å². The van der Waals surface area contributed by atoms with Crippen molar-refractivity contribution in [1.82, 2.24) is 14.5 Å². The number of imidazole rings is 1. The van der Waals surface area contributed by atoms with Crippen LogP contribution in [0.15, 0.2) is 12.3 Å². The van der Waals surface area contributed by atoms with Crippen LogP contribution in [0.25, 0.3) is 11.2 Å². The van der Waals surface area contributed by atoms with Crippen molar-refractivity contribution in [3.8, 4) is 0 Å². The van der Waals surface area contributed by atoms with E-state index in [1.165, 1.54) is 0 Å². The number of hydrogen-bond donors (Lipinski definition) is 1. The smallest absolute Gasteiger partial charge is 0.202 e. The van der Waals surface area contributed by atoms with Gasteiger partial charge in [-0.25, -0.2) is 9.97 Å². The summed E-state index contributed by atoms with van der Waals surface area (Å²) in [6.45, 7) is 3.49. The molecule has 0 aliphatic carbocycles. The van der Waals surface area contributed by atoms with E-state index in [1.54, 1.807) is 0 Å². The van der Waals surface area contributed by atoms with E-state index in [1.807, 2.05) is 23.8 Å². The Balaban J connectivity index is 2.18. The minimum absolute atomic E-state index is 0.278. The monoisotopic (exact) mass is 218 g/mol. The molecule has 0 radical (unpaired) electrons. The topological polar surface area (TPSA) is 66.0 Å². The van der Waals surface area contributed by atoms with Crippen LogP contribution in [0.3, 0.4) is 0 Å². The molecule has 2 aromatic rings. The first kappa shape index (κ1) is 9.59. The summed E-state index contributed by atoms with van der Waals surface area (Å²) >= 11 is 0. The maximum absolute atomic E-state index is 5.94. The molecule has 0 amide bonds. The van der Waals surface area contributed by atoms with Gasteiger partial charge in [0, 0.05) is 12.8 Å². The molecule has 1 aliphatic rings. The van der Waals surface area contributed by atoms with E-state index in [2.05, 4.69) is 9.97 Å². The van der Waals surface area contributed by atoms with E-state index in [4.69, 9.17) is 10.5 Å². The van der Waals surface area contributed by atoms with Crippen LogP contribution in [0.1, 0.15) is 18.0 Å². The maximum atomic E-state index is 5.94. The average molecular weight is 218 g/mol. The van der Waals surface area contributed by atoms with Crippen LogP contribution in [0.2, 0.25) is 0 Å². The van der Waals surface area contributed by atoms with Crippen molar-refractivity contribution in [2.24, 2.45) is 0 Å². The van der Waals surface area contributed by atoms with Crippen LogP contribution in [0.5, 0.6) is 0 Å². The Morgan fingerprint density at radius 3 is 3.19 bits per heavy atom. The van der Waals surface area contributed by atoms with Crippen molar-refractivity contribution >= 4 is 17.1 Å². The number of nitrogens with zero attached hydrogens (tertiary/aromatic N) is 3. The molecule has 0 spiro atoms. The Hall–Kier alpha value is -1.62. The second-order valence-corrected chi connectivity index (χ2v) is 4.21. The zero-order valence-corrected chi connectivity index (χ0v) is 9.18. The summed E-state index contributed by atoms with van der Waals surface area (Å²) in [5.74, 6) is 0.531. The Labute approximate surface area is 93.2 Å². The summed E-state index contributed by atoms with van der Waals surface area (Å²) in [6.07, 6.45) is 2.82. The second-order valence-electron chi connectivity index (χ2n) is 4.21. The molecule has 2 N–H and O–H groups in total. The average Bonchev–Trinajstić information content (AvgIpc) is 2.83. The van der Waals surface area contributed by atoms with E-state index in [0.717, 1.165) is 29.8 Å². The van der Waals surface area contributed by atoms with Gasteiger partial charge in [-0.05, 0) is 25.0 Å². The highest BCUT2D eigenvalue weighted by atomic mass is 16.5. The fraction of sp³-hybridized carbons (Fsp3) is 0.455. The minimum atomic E-state index is 0.278. The summed E-state index contributed by atoms with van der Waals surface area (Å²) in [6, 6.07) is 2.28. The Kier molecular flexibility index (Phi) is 2.07. The number of aryl methyl sites for hydroxylation is 1. The fourth-order valence-electron chi connectivity index (χ4n) is 2.19. The summed E-state index contributed by atoms with van der Waals surface area (Å²) in [4.78, 5) is 8.75. The van der Waals surface area contributed by atoms with Gasteiger partial charge in [0.15, 0.2) is 5.65 Å². The van der Waals surface area contributed by atoms with Gasteiger partial charge < -0.3 is 10.5 Å². The summed E-state index contributed by atoms with van der Waals surface area (Å²) in [5, 5.41) is 0. The predicted molar refractivity (Wildman–Crippen MR) is 61.2 cm³/mol. The van der Waals surface area contributed by atoms with Gasteiger partial charge in [0.25, 0.3) is 0 Å². The SMILES string of the molecule is Cc1cnc2c(c1)nc(N)n2C1CCOC1. The highest BCUT2D eigenvalue weighted by Gasteiger charge is 2.22. The lowest BCUT2D eigenvalue weighted by Gasteiger charge is -2.11. The van der Waals surface area contributed by atoms with Crippen LogP contribution < -0.4 is 5.73 Å². The fourth-order valence-corrected chi connectivity index (χ4v) is 2.19. The zero-order chi connectivity index (χ0) is 11.1. The lowest BCUT2D eigenvalue weighted by atomic mass is 10.2. The molecule has 1 saturated heterocycles. The van der Waals surface area contributed by atoms with Gasteiger partial charge >= 0.3 is 0 Å². The number of nitrogens with two attached hydrogens (primary N) is 1. The van der Waals surface area contributed by atoms with Gasteiger partial charge in [-0.1, -0.05) is 0 Å². The zero-order valence-electron chi connectivity index (χ0n) is 9.18. The molecule has 1 aliphatic heterocycles. The van der Waals surface area contributed by atoms with E-state index < -0.39 is 0 Å². The first-order valence-corrected chi connectivity index (χ1v) is 5.43. The quantitative estimate of drug-likeness (QED) is 0.783. The van der Waals surface area contributed by atoms with Crippen LogP contribution in [-0.2, 0) is 4.74 Å². The number of hydrogen-bond acceptors (Lipinski definition) is 4. The van der Waals surface area contributed by atoms with Crippen LogP contribution in [-0.4, -0.2) is 27.7 Å². The van der Waals surface area contributed by atoms with Crippen molar-refractivity contribution in [3.05, 3.63) is 17.8 Å². The van der Waals surface area contributed by atoms with E-state index >= 15 is 0 Å². The molecule has 0 saturated carbocycles. The lowest BCUT2D eigenvalue weighted by molar-refractivity contribution is 0.187. The molecule has 0 aromatic carbocycles. The number of nitrogen functional groups attached to an aromatic ring is 1. The van der Waals surface area contributed by atoms with Crippen LogP contribution >= 0.6 is 0 Å². The number of pyridine rings is 1. The van der Waals surface area contributed by atoms with Crippen molar-refractivity contribution < 1.29 is 4.74 Å². The van der Waals surface area contributed by atoms with Crippen LogP contribution in [0.4, 0.5) is 5.95 Å². The number of fused-ring (bicyclic) bond motifs is 1. The molecule has 5 heteroatoms. The van der Waals surface area contributed by atoms with Crippen molar-refractivity contribution in [3.63, 3.8) is 0 Å². The van der Waals surface area contributed by atoms with Gasteiger partial charge in [-0.3, -0.25) is 4.57 Å². The summed E-state index contributed by atoms with van der Waals surface area (Å²) < 4.78 is 7.36. The number of ether oxygens (including phenoxy) is 1. The first-order chi connectivity index (χ1) is 7.75. The van der Waals surface area contributed by atoms with Crippen molar-refractivity contribution in [2.75, 3.05) is 18.9 Å². The van der Waals surface area contributed by atoms with E-state index in [0.29, 0.717) is 12.6 Å². The van der Waals surface area contributed by atoms with Crippen molar-refractivity contribution in [2.45, 2.75) is 19.4 Å². The third kappa shape index (κ3) is 1.36.